The average Bonchev–Trinajstić information content (AvgIpc) is 2.83. The Kier molecular flexibility index (Phi) is 3.46. The van der Waals surface area contributed by atoms with E-state index in [0.717, 1.165) is 19.4 Å². The highest BCUT2D eigenvalue weighted by Gasteiger charge is 2.26. The lowest BCUT2D eigenvalue weighted by atomic mass is 9.89. The molecule has 1 aliphatic carbocycles. The molecule has 0 saturated heterocycles. The maximum Gasteiger partial charge on any atom is 0.0570 e. The van der Waals surface area contributed by atoms with Crippen molar-refractivity contribution < 1.29 is 5.11 Å². The van der Waals surface area contributed by atoms with Crippen LogP contribution < -0.4 is 5.32 Å². The van der Waals surface area contributed by atoms with Gasteiger partial charge in [0.05, 0.1) is 6.10 Å². The Morgan fingerprint density at radius 2 is 1.94 bits per heavy atom. The van der Waals surface area contributed by atoms with Gasteiger partial charge in [0.2, 0.25) is 0 Å². The predicted octanol–water partition coefficient (Wildman–Crippen LogP) is 3.03. The normalized spacial score (nSPS) is 22.7. The molecule has 94 valence electrons. The number of nitrogens with one attached hydrogen (secondary N) is 1. The molecule has 0 amide bonds. The molecule has 1 fully saturated rings. The Hall–Kier alpha value is -1.16. The second-order valence-corrected chi connectivity index (χ2v) is 5.87. The third-order valence-electron chi connectivity index (χ3n) is 3.44. The zero-order chi connectivity index (χ0) is 12.4. The number of thiophene rings is 1. The highest BCUT2D eigenvalue weighted by Crippen LogP contribution is 2.26. The Morgan fingerprint density at radius 1 is 1.17 bits per heavy atom. The summed E-state index contributed by atoms with van der Waals surface area (Å²) in [5.74, 6) is 0. The number of aliphatic hydroxyl groups excluding tert-OH is 1. The topological polar surface area (TPSA) is 32.3 Å². The maximum atomic E-state index is 9.23. The lowest BCUT2D eigenvalue weighted by molar-refractivity contribution is 0.0620. The van der Waals surface area contributed by atoms with E-state index < -0.39 is 0 Å². The minimum atomic E-state index is -0.0780. The largest absolute Gasteiger partial charge is 0.393 e. The van der Waals surface area contributed by atoms with Crippen LogP contribution in [0.25, 0.3) is 11.1 Å². The van der Waals surface area contributed by atoms with Gasteiger partial charge in [0.15, 0.2) is 0 Å². The summed E-state index contributed by atoms with van der Waals surface area (Å²) in [6, 6.07) is 13.2. The Morgan fingerprint density at radius 3 is 2.67 bits per heavy atom. The Balaban J connectivity index is 1.60. The van der Waals surface area contributed by atoms with Crippen molar-refractivity contribution in [1.82, 2.24) is 5.32 Å². The van der Waals surface area contributed by atoms with Crippen LogP contribution in [0.5, 0.6) is 0 Å². The quantitative estimate of drug-likeness (QED) is 0.884. The van der Waals surface area contributed by atoms with Gasteiger partial charge >= 0.3 is 0 Å². The molecule has 0 bridgehead atoms. The van der Waals surface area contributed by atoms with E-state index in [1.807, 2.05) is 6.07 Å². The van der Waals surface area contributed by atoms with Gasteiger partial charge in [-0.15, -0.1) is 11.3 Å². The van der Waals surface area contributed by atoms with Crippen LogP contribution in [0.4, 0.5) is 0 Å². The van der Waals surface area contributed by atoms with Gasteiger partial charge in [0.1, 0.15) is 0 Å². The van der Waals surface area contributed by atoms with Crippen LogP contribution in [-0.2, 0) is 6.54 Å². The summed E-state index contributed by atoms with van der Waals surface area (Å²) in [7, 11) is 0. The molecular weight excluding hydrogens is 242 g/mol. The standard InChI is InChI=1S/C15H17NOS/c17-14-7-13(8-14)16-9-15-6-12(10-18-15)11-4-2-1-3-5-11/h1-6,10,13-14,16-17H,7-9H2. The SMILES string of the molecule is OC1CC(NCc2cc(-c3ccccc3)cs2)C1. The van der Waals surface area contributed by atoms with Crippen molar-refractivity contribution in [3.8, 4) is 11.1 Å². The molecule has 0 spiro atoms. The molecule has 1 aromatic heterocycles. The molecule has 0 unspecified atom stereocenters. The molecule has 2 nitrogen and oxygen atoms in total. The highest BCUT2D eigenvalue weighted by atomic mass is 32.1. The van der Waals surface area contributed by atoms with Crippen molar-refractivity contribution >= 4 is 11.3 Å². The summed E-state index contributed by atoms with van der Waals surface area (Å²) in [6.45, 7) is 0.912. The zero-order valence-corrected chi connectivity index (χ0v) is 11.0. The van der Waals surface area contributed by atoms with Crippen LogP contribution in [0.2, 0.25) is 0 Å². The first-order chi connectivity index (χ1) is 8.81. The molecule has 1 aromatic carbocycles. The third-order valence-corrected chi connectivity index (χ3v) is 4.38. The summed E-state index contributed by atoms with van der Waals surface area (Å²) in [5, 5.41) is 14.9. The monoisotopic (exact) mass is 259 g/mol. The number of hydrogen-bond acceptors (Lipinski definition) is 3. The smallest absolute Gasteiger partial charge is 0.0570 e. The molecule has 3 rings (SSSR count). The second kappa shape index (κ2) is 5.22. The molecule has 2 aromatic rings. The number of benzene rings is 1. The summed E-state index contributed by atoms with van der Waals surface area (Å²) in [5.41, 5.74) is 2.57. The lowest BCUT2D eigenvalue weighted by Gasteiger charge is -2.32. The number of rotatable bonds is 4. The average molecular weight is 259 g/mol. The summed E-state index contributed by atoms with van der Waals surface area (Å²) >= 11 is 1.80. The summed E-state index contributed by atoms with van der Waals surface area (Å²) in [4.78, 5) is 1.36. The molecule has 0 aliphatic heterocycles. The van der Waals surface area contributed by atoms with E-state index in [0.29, 0.717) is 6.04 Å². The predicted molar refractivity (Wildman–Crippen MR) is 75.6 cm³/mol. The molecule has 3 heteroatoms. The van der Waals surface area contributed by atoms with Crippen LogP contribution in [0.1, 0.15) is 17.7 Å². The fourth-order valence-corrected chi connectivity index (χ4v) is 3.10. The van der Waals surface area contributed by atoms with Crippen molar-refractivity contribution in [2.45, 2.75) is 31.5 Å². The van der Waals surface area contributed by atoms with Crippen LogP contribution in [0.15, 0.2) is 41.8 Å². The van der Waals surface area contributed by atoms with E-state index in [2.05, 4.69) is 41.0 Å². The molecule has 2 N–H and O–H groups in total. The van der Waals surface area contributed by atoms with E-state index in [4.69, 9.17) is 0 Å². The summed E-state index contributed by atoms with van der Waals surface area (Å²) < 4.78 is 0. The minimum Gasteiger partial charge on any atom is -0.393 e. The molecule has 1 aliphatic rings. The van der Waals surface area contributed by atoms with Gasteiger partial charge in [0, 0.05) is 17.5 Å². The van der Waals surface area contributed by atoms with E-state index in [-0.39, 0.29) is 6.10 Å². The van der Waals surface area contributed by atoms with Crippen molar-refractivity contribution in [1.29, 1.82) is 0 Å². The Bertz CT molecular complexity index is 502. The second-order valence-electron chi connectivity index (χ2n) is 4.87. The minimum absolute atomic E-state index is 0.0780. The molecule has 0 atom stereocenters. The first-order valence-corrected chi connectivity index (χ1v) is 7.23. The van der Waals surface area contributed by atoms with Crippen LogP contribution >= 0.6 is 11.3 Å². The van der Waals surface area contributed by atoms with E-state index >= 15 is 0 Å². The maximum absolute atomic E-state index is 9.23. The molecule has 1 heterocycles. The first kappa shape index (κ1) is 11.9. The van der Waals surface area contributed by atoms with Gasteiger partial charge in [-0.25, -0.2) is 0 Å². The summed E-state index contributed by atoms with van der Waals surface area (Å²) in [6.07, 6.45) is 1.72. The first-order valence-electron chi connectivity index (χ1n) is 6.35. The molecule has 18 heavy (non-hydrogen) atoms. The molecule has 1 saturated carbocycles. The molecular formula is C15H17NOS. The van der Waals surface area contributed by atoms with Crippen LogP contribution in [0.3, 0.4) is 0 Å². The van der Waals surface area contributed by atoms with Crippen molar-refractivity contribution in [3.05, 3.63) is 46.7 Å². The van der Waals surface area contributed by atoms with Crippen LogP contribution in [-0.4, -0.2) is 17.3 Å². The van der Waals surface area contributed by atoms with Crippen molar-refractivity contribution in [3.63, 3.8) is 0 Å². The Labute approximate surface area is 111 Å². The van der Waals surface area contributed by atoms with Gasteiger partial charge in [-0.05, 0) is 35.4 Å². The molecule has 0 radical (unpaired) electrons. The van der Waals surface area contributed by atoms with Gasteiger partial charge in [-0.2, -0.15) is 0 Å². The van der Waals surface area contributed by atoms with Gasteiger partial charge < -0.3 is 10.4 Å². The lowest BCUT2D eigenvalue weighted by Crippen LogP contribution is -2.43. The number of hydrogen-bond donors (Lipinski definition) is 2. The van der Waals surface area contributed by atoms with E-state index in [1.165, 1.54) is 16.0 Å². The fraction of sp³-hybridized carbons (Fsp3) is 0.333. The van der Waals surface area contributed by atoms with Crippen LogP contribution in [0, 0.1) is 0 Å². The number of aliphatic hydroxyl groups is 1. The third kappa shape index (κ3) is 2.64. The van der Waals surface area contributed by atoms with E-state index in [1.54, 1.807) is 11.3 Å². The zero-order valence-electron chi connectivity index (χ0n) is 10.2. The van der Waals surface area contributed by atoms with E-state index in [9.17, 15) is 5.11 Å². The highest BCUT2D eigenvalue weighted by molar-refractivity contribution is 7.10. The van der Waals surface area contributed by atoms with Gasteiger partial charge in [-0.3, -0.25) is 0 Å². The van der Waals surface area contributed by atoms with Gasteiger partial charge in [-0.1, -0.05) is 30.3 Å². The van der Waals surface area contributed by atoms with Crippen molar-refractivity contribution in [2.24, 2.45) is 0 Å². The fourth-order valence-electron chi connectivity index (χ4n) is 2.25. The van der Waals surface area contributed by atoms with Gasteiger partial charge in [0.25, 0.3) is 0 Å². The van der Waals surface area contributed by atoms with Crippen molar-refractivity contribution in [2.75, 3.05) is 0 Å².